The number of rotatable bonds is 9. The van der Waals surface area contributed by atoms with Gasteiger partial charge in [0, 0.05) is 38.4 Å². The number of pyridine rings is 1. The van der Waals surface area contributed by atoms with E-state index in [9.17, 15) is 0 Å². The van der Waals surface area contributed by atoms with Gasteiger partial charge >= 0.3 is 0 Å². The van der Waals surface area contributed by atoms with E-state index in [2.05, 4.69) is 25.9 Å². The van der Waals surface area contributed by atoms with Gasteiger partial charge in [0.15, 0.2) is 5.96 Å². The zero-order valence-corrected chi connectivity index (χ0v) is 15.0. The Bertz CT molecular complexity index is 645. The molecular formula is C19H27N5O. The van der Waals surface area contributed by atoms with Gasteiger partial charge in [0.25, 0.3) is 0 Å². The minimum atomic E-state index is 0.672. The molecule has 134 valence electrons. The maximum Gasteiger partial charge on any atom is 0.191 e. The first-order valence-electron chi connectivity index (χ1n) is 8.55. The first-order valence-corrected chi connectivity index (χ1v) is 8.55. The number of nitrogens with zero attached hydrogens (tertiary/aromatic N) is 2. The van der Waals surface area contributed by atoms with Crippen molar-refractivity contribution in [2.45, 2.75) is 19.4 Å². The van der Waals surface area contributed by atoms with Crippen LogP contribution in [0.3, 0.4) is 0 Å². The van der Waals surface area contributed by atoms with Gasteiger partial charge in [-0.05, 0) is 31.0 Å². The molecule has 3 N–H and O–H groups in total. The monoisotopic (exact) mass is 341 g/mol. The maximum atomic E-state index is 5.36. The smallest absolute Gasteiger partial charge is 0.191 e. The third-order valence-corrected chi connectivity index (χ3v) is 3.73. The second-order valence-electron chi connectivity index (χ2n) is 5.51. The number of aliphatic imine (C=N–C) groups is 1. The molecule has 1 aromatic carbocycles. The van der Waals surface area contributed by atoms with E-state index in [1.807, 2.05) is 42.5 Å². The molecule has 0 unspecified atom stereocenters. The number of benzene rings is 1. The lowest BCUT2D eigenvalue weighted by molar-refractivity contribution is 0.409. The van der Waals surface area contributed by atoms with Gasteiger partial charge in [-0.3, -0.25) is 4.99 Å². The highest BCUT2D eigenvalue weighted by atomic mass is 16.5. The molecule has 0 saturated carbocycles. The summed E-state index contributed by atoms with van der Waals surface area (Å²) in [5, 5.41) is 9.95. The van der Waals surface area contributed by atoms with Crippen molar-refractivity contribution in [1.82, 2.24) is 15.6 Å². The first-order chi connectivity index (χ1) is 12.3. The van der Waals surface area contributed by atoms with E-state index in [4.69, 9.17) is 4.74 Å². The molecule has 25 heavy (non-hydrogen) atoms. The summed E-state index contributed by atoms with van der Waals surface area (Å²) in [6, 6.07) is 13.8. The van der Waals surface area contributed by atoms with E-state index in [0.717, 1.165) is 49.0 Å². The number of ether oxygens (including phenoxy) is 1. The highest BCUT2D eigenvalue weighted by molar-refractivity contribution is 5.79. The van der Waals surface area contributed by atoms with Gasteiger partial charge in [0.2, 0.25) is 0 Å². The lowest BCUT2D eigenvalue weighted by Crippen LogP contribution is -2.37. The van der Waals surface area contributed by atoms with Crippen LogP contribution in [0.25, 0.3) is 0 Å². The summed E-state index contributed by atoms with van der Waals surface area (Å²) in [6.07, 6.45) is 3.91. The Morgan fingerprint density at radius 1 is 1.04 bits per heavy atom. The van der Waals surface area contributed by atoms with E-state index in [-0.39, 0.29) is 0 Å². The zero-order valence-electron chi connectivity index (χ0n) is 15.0. The van der Waals surface area contributed by atoms with Crippen molar-refractivity contribution in [3.63, 3.8) is 0 Å². The third-order valence-electron chi connectivity index (χ3n) is 3.73. The molecule has 0 aliphatic rings. The number of aromatic nitrogens is 1. The number of methoxy groups -OCH3 is 1. The topological polar surface area (TPSA) is 70.6 Å². The molecule has 0 amide bonds. The van der Waals surface area contributed by atoms with Gasteiger partial charge in [-0.1, -0.05) is 24.3 Å². The van der Waals surface area contributed by atoms with Crippen LogP contribution in [-0.2, 0) is 6.54 Å². The predicted molar refractivity (Wildman–Crippen MR) is 103 cm³/mol. The average Bonchev–Trinajstić information content (AvgIpc) is 2.68. The SMILES string of the molecule is CN=C(NCCCCNc1ccccn1)NCc1ccccc1OC. The molecule has 0 fully saturated rings. The highest BCUT2D eigenvalue weighted by Crippen LogP contribution is 2.16. The summed E-state index contributed by atoms with van der Waals surface area (Å²) in [4.78, 5) is 8.49. The zero-order chi connectivity index (χ0) is 17.7. The molecule has 0 spiro atoms. The fourth-order valence-electron chi connectivity index (χ4n) is 2.39. The van der Waals surface area contributed by atoms with E-state index >= 15 is 0 Å². The lowest BCUT2D eigenvalue weighted by Gasteiger charge is -2.13. The first kappa shape index (κ1) is 18.6. The normalized spacial score (nSPS) is 11.0. The number of hydrogen-bond acceptors (Lipinski definition) is 4. The van der Waals surface area contributed by atoms with Crippen LogP contribution in [0.15, 0.2) is 53.7 Å². The van der Waals surface area contributed by atoms with Gasteiger partial charge in [-0.2, -0.15) is 0 Å². The second kappa shape index (κ2) is 10.9. The molecule has 0 radical (unpaired) electrons. The Hall–Kier alpha value is -2.76. The molecule has 1 aromatic heterocycles. The van der Waals surface area contributed by atoms with Crippen molar-refractivity contribution in [2.75, 3.05) is 32.6 Å². The van der Waals surface area contributed by atoms with Crippen LogP contribution in [0.2, 0.25) is 0 Å². The molecule has 2 rings (SSSR count). The van der Waals surface area contributed by atoms with Crippen LogP contribution >= 0.6 is 0 Å². The number of nitrogens with one attached hydrogen (secondary N) is 3. The van der Waals surface area contributed by atoms with Crippen LogP contribution < -0.4 is 20.7 Å². The molecule has 0 aliphatic carbocycles. The fourth-order valence-corrected chi connectivity index (χ4v) is 2.39. The highest BCUT2D eigenvalue weighted by Gasteiger charge is 2.03. The molecule has 6 heteroatoms. The maximum absolute atomic E-state index is 5.36. The van der Waals surface area contributed by atoms with Crippen LogP contribution in [0, 0.1) is 0 Å². The number of anilines is 1. The quantitative estimate of drug-likeness (QED) is 0.372. The molecule has 0 bridgehead atoms. The Morgan fingerprint density at radius 3 is 2.60 bits per heavy atom. The summed E-state index contributed by atoms with van der Waals surface area (Å²) < 4.78 is 5.36. The standard InChI is InChI=1S/C19H27N5O/c1-20-19(24-15-16-9-3-4-10-17(16)25-2)23-14-8-7-13-22-18-11-5-6-12-21-18/h3-6,9-12H,7-8,13-15H2,1-2H3,(H,21,22)(H2,20,23,24). The lowest BCUT2D eigenvalue weighted by atomic mass is 10.2. The van der Waals surface area contributed by atoms with Crippen molar-refractivity contribution in [3.05, 3.63) is 54.2 Å². The van der Waals surface area contributed by atoms with Crippen molar-refractivity contribution < 1.29 is 4.74 Å². The number of unbranched alkanes of at least 4 members (excludes halogenated alkanes) is 1. The minimum Gasteiger partial charge on any atom is -0.496 e. The van der Waals surface area contributed by atoms with E-state index in [1.54, 1.807) is 20.4 Å². The minimum absolute atomic E-state index is 0.672. The number of para-hydroxylation sites is 1. The van der Waals surface area contributed by atoms with Gasteiger partial charge in [-0.25, -0.2) is 4.98 Å². The molecule has 6 nitrogen and oxygen atoms in total. The molecule has 0 saturated heterocycles. The van der Waals surface area contributed by atoms with E-state index in [1.165, 1.54) is 0 Å². The summed E-state index contributed by atoms with van der Waals surface area (Å²) in [5.74, 6) is 2.60. The Kier molecular flexibility index (Phi) is 8.11. The summed E-state index contributed by atoms with van der Waals surface area (Å²) in [5.41, 5.74) is 1.10. The van der Waals surface area contributed by atoms with Crippen LogP contribution in [0.1, 0.15) is 18.4 Å². The average molecular weight is 341 g/mol. The summed E-state index contributed by atoms with van der Waals surface area (Å²) in [6.45, 7) is 2.45. The molecule has 0 aliphatic heterocycles. The van der Waals surface area contributed by atoms with Crippen molar-refractivity contribution in [3.8, 4) is 5.75 Å². The van der Waals surface area contributed by atoms with Crippen molar-refractivity contribution in [1.29, 1.82) is 0 Å². The van der Waals surface area contributed by atoms with Crippen LogP contribution in [0.4, 0.5) is 5.82 Å². The summed E-state index contributed by atoms with van der Waals surface area (Å²) in [7, 11) is 3.46. The molecule has 0 atom stereocenters. The fraction of sp³-hybridized carbons (Fsp3) is 0.368. The number of guanidine groups is 1. The van der Waals surface area contributed by atoms with E-state index in [0.29, 0.717) is 6.54 Å². The summed E-state index contributed by atoms with van der Waals surface area (Å²) >= 11 is 0. The number of hydrogen-bond donors (Lipinski definition) is 3. The molecular weight excluding hydrogens is 314 g/mol. The van der Waals surface area contributed by atoms with Crippen LogP contribution in [-0.4, -0.2) is 38.2 Å². The Balaban J connectivity index is 1.62. The van der Waals surface area contributed by atoms with Crippen LogP contribution in [0.5, 0.6) is 5.75 Å². The predicted octanol–water partition coefficient (Wildman–Crippen LogP) is 2.65. The third kappa shape index (κ3) is 6.71. The van der Waals surface area contributed by atoms with E-state index < -0.39 is 0 Å². The van der Waals surface area contributed by atoms with Gasteiger partial charge in [-0.15, -0.1) is 0 Å². The van der Waals surface area contributed by atoms with Gasteiger partial charge in [0.05, 0.1) is 7.11 Å². The van der Waals surface area contributed by atoms with Gasteiger partial charge in [0.1, 0.15) is 11.6 Å². The second-order valence-corrected chi connectivity index (χ2v) is 5.51. The van der Waals surface area contributed by atoms with Crippen molar-refractivity contribution in [2.24, 2.45) is 4.99 Å². The molecule has 1 heterocycles. The Morgan fingerprint density at radius 2 is 1.84 bits per heavy atom. The van der Waals surface area contributed by atoms with Gasteiger partial charge < -0.3 is 20.7 Å². The largest absolute Gasteiger partial charge is 0.496 e. The van der Waals surface area contributed by atoms with Crippen molar-refractivity contribution >= 4 is 11.8 Å². The Labute approximate surface area is 149 Å². The molecule has 2 aromatic rings.